The Balaban J connectivity index is 2.42. The third-order valence-corrected chi connectivity index (χ3v) is 5.14. The first kappa shape index (κ1) is 22.0. The fourth-order valence-electron chi connectivity index (χ4n) is 3.24. The molecule has 0 heterocycles. The molecule has 0 atom stereocenters. The summed E-state index contributed by atoms with van der Waals surface area (Å²) in [6, 6.07) is 12.4. The van der Waals surface area contributed by atoms with Crippen LogP contribution >= 0.6 is 0 Å². The van der Waals surface area contributed by atoms with Crippen molar-refractivity contribution in [3.63, 3.8) is 0 Å². The van der Waals surface area contributed by atoms with Crippen LogP contribution in [-0.4, -0.2) is 24.4 Å². The summed E-state index contributed by atoms with van der Waals surface area (Å²) >= 11 is 0. The number of phenolic OH excluding ortho intramolecular Hbond substituents is 1. The fraction of sp³-hybridized carbons (Fsp3) is 0.480. The van der Waals surface area contributed by atoms with Gasteiger partial charge in [-0.25, -0.2) is 0 Å². The summed E-state index contributed by atoms with van der Waals surface area (Å²) in [4.78, 5) is 6.94. The summed E-state index contributed by atoms with van der Waals surface area (Å²) in [6.45, 7) is 19.3. The largest absolute Gasteiger partial charge is 0.507 e. The molecular weight excluding hydrogens is 344 g/mol. The molecule has 0 bridgehead atoms. The lowest BCUT2D eigenvalue weighted by Crippen LogP contribution is -2.21. The van der Waals surface area contributed by atoms with Gasteiger partial charge in [-0.05, 0) is 60.6 Å². The number of anilines is 1. The molecule has 1 N–H and O–H groups in total. The third-order valence-electron chi connectivity index (χ3n) is 5.14. The van der Waals surface area contributed by atoms with Gasteiger partial charge in [0.25, 0.3) is 0 Å². The average Bonchev–Trinajstić information content (AvgIpc) is 2.61. The molecule has 0 aliphatic heterocycles. The van der Waals surface area contributed by atoms with E-state index in [2.05, 4.69) is 89.5 Å². The van der Waals surface area contributed by atoms with E-state index in [0.29, 0.717) is 5.75 Å². The van der Waals surface area contributed by atoms with Crippen molar-refractivity contribution in [1.29, 1.82) is 0 Å². The average molecular weight is 381 g/mol. The summed E-state index contributed by atoms with van der Waals surface area (Å²) < 4.78 is 0. The molecule has 152 valence electrons. The molecule has 0 aromatic heterocycles. The summed E-state index contributed by atoms with van der Waals surface area (Å²) in [5.41, 5.74) is 4.88. The molecule has 3 heteroatoms. The van der Waals surface area contributed by atoms with Crippen LogP contribution < -0.4 is 4.90 Å². The summed E-state index contributed by atoms with van der Waals surface area (Å²) in [5, 5.41) is 10.9. The smallest absolute Gasteiger partial charge is 0.128 e. The molecule has 2 rings (SSSR count). The van der Waals surface area contributed by atoms with Crippen molar-refractivity contribution < 1.29 is 5.11 Å². The number of benzene rings is 2. The Morgan fingerprint density at radius 3 is 1.93 bits per heavy atom. The highest BCUT2D eigenvalue weighted by Gasteiger charge is 2.24. The lowest BCUT2D eigenvalue weighted by Gasteiger charge is -2.27. The van der Waals surface area contributed by atoms with Gasteiger partial charge >= 0.3 is 0 Å². The van der Waals surface area contributed by atoms with Crippen LogP contribution in [0.4, 0.5) is 11.4 Å². The van der Waals surface area contributed by atoms with E-state index in [0.717, 1.165) is 29.9 Å². The monoisotopic (exact) mass is 380 g/mol. The summed E-state index contributed by atoms with van der Waals surface area (Å²) in [7, 11) is 0. The van der Waals surface area contributed by atoms with Crippen molar-refractivity contribution in [2.75, 3.05) is 18.0 Å². The van der Waals surface area contributed by atoms with Gasteiger partial charge in [-0.15, -0.1) is 0 Å². The van der Waals surface area contributed by atoms with Crippen LogP contribution in [0.3, 0.4) is 0 Å². The first-order valence-corrected chi connectivity index (χ1v) is 10.2. The highest BCUT2D eigenvalue weighted by Crippen LogP contribution is 2.37. The molecule has 2 aromatic rings. The maximum Gasteiger partial charge on any atom is 0.128 e. The van der Waals surface area contributed by atoms with Gasteiger partial charge in [-0.3, -0.25) is 4.99 Å². The second kappa shape index (κ2) is 8.38. The van der Waals surface area contributed by atoms with Gasteiger partial charge in [0.05, 0.1) is 5.69 Å². The number of hydrogen-bond acceptors (Lipinski definition) is 3. The quantitative estimate of drug-likeness (QED) is 0.594. The predicted molar refractivity (Wildman–Crippen MR) is 123 cm³/mol. The van der Waals surface area contributed by atoms with Crippen molar-refractivity contribution in [1.82, 2.24) is 0 Å². The van der Waals surface area contributed by atoms with Crippen molar-refractivity contribution >= 4 is 17.6 Å². The van der Waals surface area contributed by atoms with Crippen LogP contribution in [-0.2, 0) is 10.8 Å². The minimum atomic E-state index is -0.140. The number of aromatic hydroxyl groups is 1. The molecule has 0 spiro atoms. The number of rotatable bonds is 5. The van der Waals surface area contributed by atoms with Crippen LogP contribution in [0.15, 0.2) is 41.4 Å². The van der Waals surface area contributed by atoms with E-state index >= 15 is 0 Å². The Kier molecular flexibility index (Phi) is 6.59. The number of aliphatic imine (C=N–C) groups is 1. The Bertz CT molecular complexity index is 817. The molecule has 0 saturated carbocycles. The van der Waals surface area contributed by atoms with Gasteiger partial charge in [0.15, 0.2) is 0 Å². The van der Waals surface area contributed by atoms with Crippen molar-refractivity contribution in [2.24, 2.45) is 4.99 Å². The van der Waals surface area contributed by atoms with Gasteiger partial charge in [-0.2, -0.15) is 0 Å². The van der Waals surface area contributed by atoms with E-state index in [-0.39, 0.29) is 10.8 Å². The topological polar surface area (TPSA) is 35.8 Å². The Labute approximate surface area is 171 Å². The SMILES string of the molecule is CCN(CC)c1ccc(N=Cc2cc(C(C)(C)C)cc(C(C)(C)C)c2O)cc1. The van der Waals surface area contributed by atoms with Gasteiger partial charge < -0.3 is 10.0 Å². The Morgan fingerprint density at radius 2 is 1.46 bits per heavy atom. The number of hydrogen-bond donors (Lipinski definition) is 1. The van der Waals surface area contributed by atoms with Gasteiger partial charge in [0.1, 0.15) is 5.75 Å². The van der Waals surface area contributed by atoms with E-state index in [1.54, 1.807) is 6.21 Å². The van der Waals surface area contributed by atoms with Crippen molar-refractivity contribution in [3.05, 3.63) is 53.1 Å². The van der Waals surface area contributed by atoms with E-state index < -0.39 is 0 Å². The third kappa shape index (κ3) is 5.15. The highest BCUT2D eigenvalue weighted by molar-refractivity contribution is 5.86. The first-order valence-electron chi connectivity index (χ1n) is 10.2. The number of phenols is 1. The minimum absolute atomic E-state index is 0.00169. The van der Waals surface area contributed by atoms with Gasteiger partial charge in [0.2, 0.25) is 0 Å². The molecule has 3 nitrogen and oxygen atoms in total. The van der Waals surface area contributed by atoms with Crippen LogP contribution in [0.2, 0.25) is 0 Å². The van der Waals surface area contributed by atoms with E-state index in [9.17, 15) is 5.11 Å². The summed E-state index contributed by atoms with van der Waals surface area (Å²) in [5.74, 6) is 0.323. The van der Waals surface area contributed by atoms with Crippen molar-refractivity contribution in [3.8, 4) is 5.75 Å². The van der Waals surface area contributed by atoms with E-state index in [1.807, 2.05) is 12.1 Å². The van der Waals surface area contributed by atoms with Crippen molar-refractivity contribution in [2.45, 2.75) is 66.2 Å². The zero-order chi connectivity index (χ0) is 21.1. The molecule has 2 aromatic carbocycles. The molecule has 28 heavy (non-hydrogen) atoms. The van der Waals surface area contributed by atoms with E-state index in [1.165, 1.54) is 11.3 Å². The van der Waals surface area contributed by atoms with E-state index in [4.69, 9.17) is 0 Å². The van der Waals surface area contributed by atoms with Crippen LogP contribution in [0.25, 0.3) is 0 Å². The molecule has 0 fully saturated rings. The van der Waals surface area contributed by atoms with Gasteiger partial charge in [0, 0.05) is 36.1 Å². The molecule has 0 aliphatic carbocycles. The fourth-order valence-corrected chi connectivity index (χ4v) is 3.24. The first-order chi connectivity index (χ1) is 13.0. The predicted octanol–water partition coefficient (Wildman–Crippen LogP) is 6.58. The zero-order valence-electron chi connectivity index (χ0n) is 18.8. The standard InChI is InChI=1S/C25H36N2O/c1-9-27(10-2)21-13-11-20(12-14-21)26-17-18-15-19(24(3,4)5)16-22(23(18)28)25(6,7)8/h11-17,28H,9-10H2,1-8H3. The Hall–Kier alpha value is -2.29. The maximum absolute atomic E-state index is 10.9. The van der Waals surface area contributed by atoms with Crippen LogP contribution in [0, 0.1) is 0 Å². The Morgan fingerprint density at radius 1 is 0.893 bits per heavy atom. The molecule has 0 radical (unpaired) electrons. The molecule has 0 saturated heterocycles. The highest BCUT2D eigenvalue weighted by atomic mass is 16.3. The molecule has 0 amide bonds. The second-order valence-corrected chi connectivity index (χ2v) is 9.41. The maximum atomic E-state index is 10.9. The van der Waals surface area contributed by atoms with Gasteiger partial charge in [-0.1, -0.05) is 47.6 Å². The zero-order valence-corrected chi connectivity index (χ0v) is 18.8. The normalized spacial score (nSPS) is 12.6. The number of nitrogens with zero attached hydrogens (tertiary/aromatic N) is 2. The molecule has 0 aliphatic rings. The molecule has 0 unspecified atom stereocenters. The second-order valence-electron chi connectivity index (χ2n) is 9.41. The summed E-state index contributed by atoms with van der Waals surface area (Å²) in [6.07, 6.45) is 1.78. The van der Waals surface area contributed by atoms with Crippen LogP contribution in [0.5, 0.6) is 5.75 Å². The van der Waals surface area contributed by atoms with Crippen LogP contribution in [0.1, 0.15) is 72.1 Å². The molecular formula is C25H36N2O. The lowest BCUT2D eigenvalue weighted by atomic mass is 9.79. The lowest BCUT2D eigenvalue weighted by molar-refractivity contribution is 0.444. The minimum Gasteiger partial charge on any atom is -0.507 e.